The molecule has 0 fully saturated rings. The van der Waals surface area contributed by atoms with E-state index in [4.69, 9.17) is 9.66 Å². The van der Waals surface area contributed by atoms with Crippen LogP contribution in [0.15, 0.2) is 0 Å². The van der Waals surface area contributed by atoms with Gasteiger partial charge >= 0.3 is 0 Å². The van der Waals surface area contributed by atoms with Crippen molar-refractivity contribution in [3.8, 4) is 0 Å². The van der Waals surface area contributed by atoms with Crippen LogP contribution in [0, 0.1) is 0 Å². The molecule has 0 saturated carbocycles. The van der Waals surface area contributed by atoms with Crippen LogP contribution in [-0.4, -0.2) is 47.7 Å². The average Bonchev–Trinajstić information content (AvgIpc) is 1.86. The van der Waals surface area contributed by atoms with Crippen molar-refractivity contribution in [1.29, 1.82) is 0 Å². The minimum atomic E-state index is -4.76. The molecule has 0 aliphatic rings. The number of hydrogen-bond donors (Lipinski definition) is 2. The zero-order chi connectivity index (χ0) is 16.4. The van der Waals surface area contributed by atoms with Crippen molar-refractivity contribution in [2.45, 2.75) is 50.1 Å². The van der Waals surface area contributed by atoms with Crippen LogP contribution < -0.4 is 0 Å². The Morgan fingerprint density at radius 3 is 1.80 bits per heavy atom. The van der Waals surface area contributed by atoms with Crippen LogP contribution in [-0.2, 0) is 10.1 Å². The molecule has 4 nitrogen and oxygen atoms in total. The smallest absolute Gasteiger partial charge is 0.267 e. The van der Waals surface area contributed by atoms with Crippen molar-refractivity contribution in [1.82, 2.24) is 0 Å². The van der Waals surface area contributed by atoms with Crippen LogP contribution in [0.3, 0.4) is 0 Å². The molecule has 0 aliphatic carbocycles. The Kier molecular flexibility index (Phi) is 5.89. The lowest BCUT2D eigenvalue weighted by Gasteiger charge is -2.26. The molecule has 2 N–H and O–H groups in total. The van der Waals surface area contributed by atoms with E-state index in [1.54, 1.807) is 0 Å². The average molecular weight is 332 g/mol. The molecule has 11 heteroatoms. The van der Waals surface area contributed by atoms with Crippen LogP contribution in [0.5, 0.6) is 0 Å². The monoisotopic (exact) mass is 332 g/mol. The summed E-state index contributed by atoms with van der Waals surface area (Å²) in [6.45, 7) is 0.145. The number of aliphatic hydroxyl groups excluding tert-OH is 1. The summed E-state index contributed by atoms with van der Waals surface area (Å²) >= 11 is 0. The Morgan fingerprint density at radius 1 is 1.00 bits per heavy atom. The van der Waals surface area contributed by atoms with Gasteiger partial charge in [0.25, 0.3) is 27.9 Å². The number of alkyl halides is 6. The van der Waals surface area contributed by atoms with E-state index in [1.807, 2.05) is 0 Å². The summed E-state index contributed by atoms with van der Waals surface area (Å²) in [6.07, 6.45) is -8.34. The van der Waals surface area contributed by atoms with Crippen molar-refractivity contribution >= 4 is 10.1 Å². The standard InChI is InChI=1S/C9H14F6O4S/c1-7(10,11)4-9(14,15)5-8(12,13)2-6(16)3-20(17,18)19/h6,16H,2-5H2,1H3,(H,17,18,19). The summed E-state index contributed by atoms with van der Waals surface area (Å²) in [5.74, 6) is -14.0. The molecule has 1 atom stereocenters. The van der Waals surface area contributed by atoms with Crippen LogP contribution in [0.4, 0.5) is 26.3 Å². The Bertz CT molecular complexity index is 417. The Morgan fingerprint density at radius 2 is 1.45 bits per heavy atom. The van der Waals surface area contributed by atoms with Crippen LogP contribution in [0.25, 0.3) is 0 Å². The molecule has 122 valence electrons. The Labute approximate surface area is 111 Å². The summed E-state index contributed by atoms with van der Waals surface area (Å²) in [6, 6.07) is 0. The minimum Gasteiger partial charge on any atom is -0.392 e. The Hall–Kier alpha value is -0.550. The second-order valence-electron chi connectivity index (χ2n) is 4.74. The maximum Gasteiger partial charge on any atom is 0.267 e. The molecule has 1 unspecified atom stereocenters. The van der Waals surface area contributed by atoms with E-state index < -0.39 is 59.0 Å². The summed E-state index contributed by atoms with van der Waals surface area (Å²) in [7, 11) is -4.76. The highest BCUT2D eigenvalue weighted by Crippen LogP contribution is 2.39. The zero-order valence-electron chi connectivity index (χ0n) is 10.3. The fourth-order valence-corrected chi connectivity index (χ4v) is 2.22. The lowest BCUT2D eigenvalue weighted by atomic mass is 10.00. The first kappa shape index (κ1) is 19.4. The fourth-order valence-electron chi connectivity index (χ4n) is 1.61. The molecule has 0 amide bonds. The van der Waals surface area contributed by atoms with E-state index in [-0.39, 0.29) is 6.92 Å². The lowest BCUT2D eigenvalue weighted by molar-refractivity contribution is -0.158. The fraction of sp³-hybridized carbons (Fsp3) is 1.00. The highest BCUT2D eigenvalue weighted by atomic mass is 32.2. The van der Waals surface area contributed by atoms with E-state index in [1.165, 1.54) is 0 Å². The summed E-state index contributed by atoms with van der Waals surface area (Å²) in [5, 5.41) is 8.94. The van der Waals surface area contributed by atoms with E-state index in [0.717, 1.165) is 0 Å². The molecular weight excluding hydrogens is 318 g/mol. The molecule has 0 aliphatic heterocycles. The molecule has 0 aromatic rings. The third-order valence-corrected chi connectivity index (χ3v) is 2.83. The highest BCUT2D eigenvalue weighted by Gasteiger charge is 2.48. The number of halogens is 6. The van der Waals surface area contributed by atoms with Gasteiger partial charge in [0.1, 0.15) is 5.75 Å². The second kappa shape index (κ2) is 6.06. The number of rotatable bonds is 8. The largest absolute Gasteiger partial charge is 0.392 e. The first-order valence-electron chi connectivity index (χ1n) is 5.28. The van der Waals surface area contributed by atoms with Crippen molar-refractivity contribution in [3.05, 3.63) is 0 Å². The first-order valence-corrected chi connectivity index (χ1v) is 6.89. The minimum absolute atomic E-state index is 0.145. The first-order chi connectivity index (χ1) is 8.52. The van der Waals surface area contributed by atoms with Gasteiger partial charge in [-0.25, -0.2) is 26.3 Å². The summed E-state index contributed by atoms with van der Waals surface area (Å²) < 4.78 is 106. The van der Waals surface area contributed by atoms with Gasteiger partial charge in [-0.2, -0.15) is 8.42 Å². The van der Waals surface area contributed by atoms with Gasteiger partial charge in [-0.1, -0.05) is 0 Å². The van der Waals surface area contributed by atoms with E-state index in [0.29, 0.717) is 0 Å². The van der Waals surface area contributed by atoms with Gasteiger partial charge in [-0.15, -0.1) is 0 Å². The zero-order valence-corrected chi connectivity index (χ0v) is 11.1. The van der Waals surface area contributed by atoms with Gasteiger partial charge in [-0.3, -0.25) is 4.55 Å². The predicted molar refractivity (Wildman–Crippen MR) is 56.8 cm³/mol. The van der Waals surface area contributed by atoms with Crippen molar-refractivity contribution < 1.29 is 44.4 Å². The molecule has 0 aromatic heterocycles. The van der Waals surface area contributed by atoms with Gasteiger partial charge in [0.05, 0.1) is 18.9 Å². The molecular formula is C9H14F6O4S. The molecule has 0 saturated heterocycles. The van der Waals surface area contributed by atoms with E-state index >= 15 is 0 Å². The van der Waals surface area contributed by atoms with Crippen molar-refractivity contribution in [2.75, 3.05) is 5.75 Å². The maximum atomic E-state index is 13.2. The molecule has 0 rings (SSSR count). The van der Waals surface area contributed by atoms with E-state index in [2.05, 4.69) is 0 Å². The van der Waals surface area contributed by atoms with Crippen LogP contribution in [0.2, 0.25) is 0 Å². The SMILES string of the molecule is CC(F)(F)CC(F)(F)CC(F)(F)CC(O)CS(=O)(=O)O. The van der Waals surface area contributed by atoms with Gasteiger partial charge in [0, 0.05) is 6.42 Å². The van der Waals surface area contributed by atoms with Crippen LogP contribution in [0.1, 0.15) is 26.2 Å². The van der Waals surface area contributed by atoms with Gasteiger partial charge in [-0.05, 0) is 6.92 Å². The molecule has 20 heavy (non-hydrogen) atoms. The number of hydrogen-bond acceptors (Lipinski definition) is 3. The predicted octanol–water partition coefficient (Wildman–Crippen LogP) is 2.33. The highest BCUT2D eigenvalue weighted by molar-refractivity contribution is 7.85. The van der Waals surface area contributed by atoms with E-state index in [9.17, 15) is 34.8 Å². The Balaban J connectivity index is 4.66. The van der Waals surface area contributed by atoms with Gasteiger partial charge in [0.15, 0.2) is 0 Å². The second-order valence-corrected chi connectivity index (χ2v) is 6.24. The van der Waals surface area contributed by atoms with Gasteiger partial charge in [0.2, 0.25) is 0 Å². The van der Waals surface area contributed by atoms with Gasteiger partial charge < -0.3 is 5.11 Å². The molecule has 0 spiro atoms. The quantitative estimate of drug-likeness (QED) is 0.528. The van der Waals surface area contributed by atoms with Crippen molar-refractivity contribution in [2.24, 2.45) is 0 Å². The molecule has 0 aromatic carbocycles. The maximum absolute atomic E-state index is 13.2. The normalized spacial score (nSPS) is 16.2. The number of aliphatic hydroxyl groups is 1. The molecule has 0 heterocycles. The third-order valence-electron chi connectivity index (χ3n) is 2.02. The molecule has 0 radical (unpaired) electrons. The topological polar surface area (TPSA) is 74.6 Å². The summed E-state index contributed by atoms with van der Waals surface area (Å²) in [4.78, 5) is 0. The molecule has 0 bridgehead atoms. The lowest BCUT2D eigenvalue weighted by Crippen LogP contribution is -2.37. The third kappa shape index (κ3) is 10.3. The van der Waals surface area contributed by atoms with Crippen molar-refractivity contribution in [3.63, 3.8) is 0 Å². The van der Waals surface area contributed by atoms with Crippen LogP contribution >= 0.6 is 0 Å². The summed E-state index contributed by atoms with van der Waals surface area (Å²) in [5.41, 5.74) is 0.